The summed E-state index contributed by atoms with van der Waals surface area (Å²) in [6.45, 7) is 7.17. The third kappa shape index (κ3) is 7.23. The van der Waals surface area contributed by atoms with E-state index in [9.17, 15) is 14.4 Å². The maximum absolute atomic E-state index is 13.8. The van der Waals surface area contributed by atoms with Gasteiger partial charge in [0.25, 0.3) is 0 Å². The molecule has 1 heterocycles. The number of carbonyl (C=O) groups is 2. The first-order chi connectivity index (χ1) is 18.6. The third-order valence-corrected chi connectivity index (χ3v) is 6.18. The van der Waals surface area contributed by atoms with Crippen molar-refractivity contribution in [2.75, 3.05) is 5.32 Å². The van der Waals surface area contributed by atoms with Gasteiger partial charge in [0.1, 0.15) is 11.6 Å². The molecule has 0 bridgehead atoms. The number of nitrogens with one attached hydrogen (secondary N) is 3. The first-order valence-electron chi connectivity index (χ1n) is 12.8. The summed E-state index contributed by atoms with van der Waals surface area (Å²) in [6, 6.07) is 28.8. The van der Waals surface area contributed by atoms with Crippen LogP contribution in [-0.4, -0.2) is 28.6 Å². The molecule has 0 radical (unpaired) electrons. The maximum Gasteiger partial charge on any atom is 0.408 e. The van der Waals surface area contributed by atoms with Crippen LogP contribution in [0.5, 0.6) is 0 Å². The van der Waals surface area contributed by atoms with Crippen LogP contribution in [0.25, 0.3) is 11.1 Å². The Kier molecular flexibility index (Phi) is 8.30. The van der Waals surface area contributed by atoms with E-state index in [1.807, 2.05) is 79.7 Å². The number of carbonyl (C=O) groups excluding carboxylic acids is 2. The van der Waals surface area contributed by atoms with E-state index in [2.05, 4.69) is 15.6 Å². The van der Waals surface area contributed by atoms with E-state index in [1.165, 1.54) is 6.07 Å². The summed E-state index contributed by atoms with van der Waals surface area (Å²) in [4.78, 5) is 41.1. The molecule has 7 nitrogen and oxygen atoms in total. The predicted octanol–water partition coefficient (Wildman–Crippen LogP) is 6.01. The number of hydrogen-bond donors (Lipinski definition) is 3. The van der Waals surface area contributed by atoms with Crippen LogP contribution >= 0.6 is 0 Å². The second-order valence-corrected chi connectivity index (χ2v) is 10.4. The third-order valence-electron chi connectivity index (χ3n) is 6.18. The molecule has 7 heteroatoms. The zero-order valence-electron chi connectivity index (χ0n) is 22.5. The molecule has 3 aromatic carbocycles. The molecule has 200 valence electrons. The first-order valence-corrected chi connectivity index (χ1v) is 12.8. The Hall–Kier alpha value is -4.65. The SMILES string of the molecule is Cc1[nH]c(=O)ccc1-c1ccc(NC(=O)[C@@H](NC(=O)OC(C)(C)C)C(c2ccccc2)c2ccccc2)cc1. The number of aryl methyl sites for hydroxylation is 1. The zero-order chi connectivity index (χ0) is 28.0. The Balaban J connectivity index is 1.66. The highest BCUT2D eigenvalue weighted by atomic mass is 16.6. The topological polar surface area (TPSA) is 100 Å². The minimum absolute atomic E-state index is 0.157. The van der Waals surface area contributed by atoms with Gasteiger partial charge < -0.3 is 20.4 Å². The number of aromatic amines is 1. The Morgan fingerprint density at radius 1 is 0.795 bits per heavy atom. The minimum atomic E-state index is -0.967. The summed E-state index contributed by atoms with van der Waals surface area (Å²) in [5, 5.41) is 5.80. The number of ether oxygens (including phenoxy) is 1. The number of rotatable bonds is 7. The van der Waals surface area contributed by atoms with Crippen molar-refractivity contribution in [1.29, 1.82) is 0 Å². The maximum atomic E-state index is 13.8. The highest BCUT2D eigenvalue weighted by Crippen LogP contribution is 2.30. The normalized spacial score (nSPS) is 12.0. The average molecular weight is 524 g/mol. The number of anilines is 1. The lowest BCUT2D eigenvalue weighted by atomic mass is 9.84. The lowest BCUT2D eigenvalue weighted by Gasteiger charge is -2.29. The number of alkyl carbamates (subject to hydrolysis) is 1. The lowest BCUT2D eigenvalue weighted by Crippen LogP contribution is -2.49. The molecular formula is C32H33N3O4. The molecule has 0 aliphatic rings. The second kappa shape index (κ2) is 11.8. The fourth-order valence-corrected chi connectivity index (χ4v) is 4.48. The first kappa shape index (κ1) is 27.4. The van der Waals surface area contributed by atoms with Crippen molar-refractivity contribution >= 4 is 17.7 Å². The minimum Gasteiger partial charge on any atom is -0.444 e. The molecular weight excluding hydrogens is 490 g/mol. The van der Waals surface area contributed by atoms with Gasteiger partial charge in [0.15, 0.2) is 0 Å². The summed E-state index contributed by atoms with van der Waals surface area (Å²) in [7, 11) is 0. The molecule has 1 aromatic heterocycles. The van der Waals surface area contributed by atoms with Crippen LogP contribution in [0.2, 0.25) is 0 Å². The molecule has 0 saturated carbocycles. The average Bonchev–Trinajstić information content (AvgIpc) is 2.89. The van der Waals surface area contributed by atoms with Crippen molar-refractivity contribution in [2.24, 2.45) is 0 Å². The molecule has 39 heavy (non-hydrogen) atoms. The summed E-state index contributed by atoms with van der Waals surface area (Å²) in [5.41, 5.74) is 4.00. The van der Waals surface area contributed by atoms with E-state index < -0.39 is 23.7 Å². The van der Waals surface area contributed by atoms with Crippen LogP contribution in [-0.2, 0) is 9.53 Å². The fourth-order valence-electron chi connectivity index (χ4n) is 4.48. The largest absolute Gasteiger partial charge is 0.444 e. The highest BCUT2D eigenvalue weighted by Gasteiger charge is 2.34. The van der Waals surface area contributed by atoms with Gasteiger partial charge in [0.2, 0.25) is 11.5 Å². The van der Waals surface area contributed by atoms with E-state index in [-0.39, 0.29) is 11.5 Å². The molecule has 0 saturated heterocycles. The molecule has 4 aromatic rings. The molecule has 4 rings (SSSR count). The van der Waals surface area contributed by atoms with Gasteiger partial charge in [-0.3, -0.25) is 9.59 Å². The van der Waals surface area contributed by atoms with E-state index >= 15 is 0 Å². The number of aromatic nitrogens is 1. The van der Waals surface area contributed by atoms with Crippen LogP contribution in [0.1, 0.15) is 43.5 Å². The Bertz CT molecular complexity index is 1430. The van der Waals surface area contributed by atoms with Crippen molar-refractivity contribution in [2.45, 2.75) is 45.3 Å². The Morgan fingerprint density at radius 2 is 1.36 bits per heavy atom. The van der Waals surface area contributed by atoms with Crippen molar-refractivity contribution < 1.29 is 14.3 Å². The molecule has 0 spiro atoms. The summed E-state index contributed by atoms with van der Waals surface area (Å²) in [5.74, 6) is -0.852. The van der Waals surface area contributed by atoms with Crippen molar-refractivity contribution in [3.8, 4) is 11.1 Å². The smallest absolute Gasteiger partial charge is 0.408 e. The van der Waals surface area contributed by atoms with E-state index in [4.69, 9.17) is 4.74 Å². The van der Waals surface area contributed by atoms with Gasteiger partial charge in [-0.15, -0.1) is 0 Å². The molecule has 0 aliphatic carbocycles. The standard InChI is InChI=1S/C32H33N3O4/c1-21-26(19-20-27(36)33-21)22-15-17-25(18-16-22)34-30(37)29(35-31(38)39-32(2,3)4)28(23-11-7-5-8-12-23)24-13-9-6-10-14-24/h5-20,28-29H,1-4H3,(H,33,36)(H,34,37)(H,35,38)/t29-/m0/s1. The summed E-state index contributed by atoms with van der Waals surface area (Å²) in [6.07, 6.45) is -0.677. The molecule has 0 aliphatic heterocycles. The lowest BCUT2D eigenvalue weighted by molar-refractivity contribution is -0.118. The van der Waals surface area contributed by atoms with Gasteiger partial charge in [-0.25, -0.2) is 4.79 Å². The van der Waals surface area contributed by atoms with Gasteiger partial charge >= 0.3 is 6.09 Å². The number of pyridine rings is 1. The van der Waals surface area contributed by atoms with E-state index in [1.54, 1.807) is 39.0 Å². The van der Waals surface area contributed by atoms with Crippen LogP contribution in [0.4, 0.5) is 10.5 Å². The number of H-pyrrole nitrogens is 1. The van der Waals surface area contributed by atoms with Crippen LogP contribution in [0.15, 0.2) is 102 Å². The second-order valence-electron chi connectivity index (χ2n) is 10.4. The molecule has 1 atom stereocenters. The predicted molar refractivity (Wildman–Crippen MR) is 154 cm³/mol. The number of amides is 2. The van der Waals surface area contributed by atoms with Gasteiger partial charge in [0.05, 0.1) is 0 Å². The highest BCUT2D eigenvalue weighted by molar-refractivity contribution is 5.98. The number of benzene rings is 3. The van der Waals surface area contributed by atoms with Crippen molar-refractivity contribution in [3.63, 3.8) is 0 Å². The van der Waals surface area contributed by atoms with Gasteiger partial charge in [-0.2, -0.15) is 0 Å². The van der Waals surface area contributed by atoms with Crippen molar-refractivity contribution in [1.82, 2.24) is 10.3 Å². The summed E-state index contributed by atoms with van der Waals surface area (Å²) >= 11 is 0. The quantitative estimate of drug-likeness (QED) is 0.276. The van der Waals surface area contributed by atoms with Crippen molar-refractivity contribution in [3.05, 3.63) is 124 Å². The molecule has 0 unspecified atom stereocenters. The van der Waals surface area contributed by atoms with Gasteiger partial charge in [0, 0.05) is 28.9 Å². The van der Waals surface area contributed by atoms with Crippen LogP contribution < -0.4 is 16.2 Å². The fraction of sp³-hybridized carbons (Fsp3) is 0.219. The molecule has 2 amide bonds. The monoisotopic (exact) mass is 523 g/mol. The van der Waals surface area contributed by atoms with Crippen LogP contribution in [0, 0.1) is 6.92 Å². The van der Waals surface area contributed by atoms with E-state index in [0.717, 1.165) is 27.9 Å². The Morgan fingerprint density at radius 3 is 1.87 bits per heavy atom. The molecule has 0 fully saturated rings. The Labute approximate surface area is 228 Å². The zero-order valence-corrected chi connectivity index (χ0v) is 22.5. The number of hydrogen-bond acceptors (Lipinski definition) is 4. The molecule has 3 N–H and O–H groups in total. The van der Waals surface area contributed by atoms with Crippen LogP contribution in [0.3, 0.4) is 0 Å². The van der Waals surface area contributed by atoms with E-state index in [0.29, 0.717) is 5.69 Å². The van der Waals surface area contributed by atoms with Gasteiger partial charge in [-0.1, -0.05) is 72.8 Å². The van der Waals surface area contributed by atoms with Gasteiger partial charge in [-0.05, 0) is 62.6 Å². The summed E-state index contributed by atoms with van der Waals surface area (Å²) < 4.78 is 5.52.